The lowest BCUT2D eigenvalue weighted by molar-refractivity contribution is 0.103. The molecule has 2 aromatic heterocycles. The monoisotopic (exact) mass is 251 g/mol. The molecule has 0 spiro atoms. The van der Waals surface area contributed by atoms with Crippen molar-refractivity contribution in [3.05, 3.63) is 33.0 Å². The van der Waals surface area contributed by atoms with Gasteiger partial charge in [0.1, 0.15) is 0 Å². The molecule has 1 amide bonds. The van der Waals surface area contributed by atoms with Crippen molar-refractivity contribution < 1.29 is 4.79 Å². The van der Waals surface area contributed by atoms with E-state index in [1.54, 1.807) is 11.3 Å². The van der Waals surface area contributed by atoms with Gasteiger partial charge in [-0.25, -0.2) is 4.98 Å². The lowest BCUT2D eigenvalue weighted by atomic mass is 10.4. The maximum Gasteiger partial charge on any atom is 0.267 e. The lowest BCUT2D eigenvalue weighted by Crippen LogP contribution is -2.10. The number of fused-ring (bicyclic) bond motifs is 1. The number of amides is 1. The zero-order valence-electron chi connectivity index (χ0n) is 8.32. The molecular weight excluding hydrogens is 242 g/mol. The van der Waals surface area contributed by atoms with Crippen LogP contribution in [0.5, 0.6) is 0 Å². The number of nitrogens with one attached hydrogen (secondary N) is 2. The predicted molar refractivity (Wildman–Crippen MR) is 64.9 cm³/mol. The average Bonchev–Trinajstić information content (AvgIpc) is 2.91. The molecule has 82 valence electrons. The molecule has 1 aliphatic heterocycles. The fourth-order valence-electron chi connectivity index (χ4n) is 1.57. The van der Waals surface area contributed by atoms with Crippen molar-refractivity contribution in [2.24, 2.45) is 0 Å². The molecule has 6 heteroatoms. The van der Waals surface area contributed by atoms with Crippen LogP contribution < -0.4 is 10.6 Å². The molecule has 0 saturated carbocycles. The zero-order chi connectivity index (χ0) is 11.0. The van der Waals surface area contributed by atoms with Crippen LogP contribution in [0.15, 0.2) is 17.5 Å². The second kappa shape index (κ2) is 3.97. The summed E-state index contributed by atoms with van der Waals surface area (Å²) in [6.45, 7) is 1.67. The summed E-state index contributed by atoms with van der Waals surface area (Å²) in [6.07, 6.45) is 0. The van der Waals surface area contributed by atoms with Gasteiger partial charge in [-0.3, -0.25) is 10.1 Å². The predicted octanol–water partition coefficient (Wildman–Crippen LogP) is 2.06. The minimum atomic E-state index is -0.0737. The molecule has 0 saturated heterocycles. The van der Waals surface area contributed by atoms with Gasteiger partial charge < -0.3 is 5.32 Å². The summed E-state index contributed by atoms with van der Waals surface area (Å²) >= 11 is 2.98. The number of rotatable bonds is 2. The Balaban J connectivity index is 1.77. The van der Waals surface area contributed by atoms with Crippen LogP contribution in [-0.4, -0.2) is 10.9 Å². The highest BCUT2D eigenvalue weighted by atomic mass is 32.1. The first-order valence-corrected chi connectivity index (χ1v) is 6.57. The summed E-state index contributed by atoms with van der Waals surface area (Å²) in [5.74, 6) is -0.0737. The van der Waals surface area contributed by atoms with Crippen LogP contribution in [0.2, 0.25) is 0 Å². The zero-order valence-corrected chi connectivity index (χ0v) is 9.95. The molecule has 2 N–H and O–H groups in total. The first-order valence-electron chi connectivity index (χ1n) is 4.87. The van der Waals surface area contributed by atoms with Crippen molar-refractivity contribution in [1.29, 1.82) is 0 Å². The number of thiophene rings is 1. The van der Waals surface area contributed by atoms with E-state index in [2.05, 4.69) is 15.6 Å². The fraction of sp³-hybridized carbons (Fsp3) is 0.200. The maximum absolute atomic E-state index is 11.8. The molecule has 0 fully saturated rings. The Morgan fingerprint density at radius 2 is 2.44 bits per heavy atom. The van der Waals surface area contributed by atoms with E-state index in [0.29, 0.717) is 10.0 Å². The Hall–Kier alpha value is -1.24. The number of hydrogen-bond donors (Lipinski definition) is 2. The Labute approximate surface area is 100 Å². The highest BCUT2D eigenvalue weighted by molar-refractivity contribution is 7.16. The molecule has 4 nitrogen and oxygen atoms in total. The van der Waals surface area contributed by atoms with Crippen molar-refractivity contribution >= 4 is 33.7 Å². The number of carbonyl (C=O) groups is 1. The summed E-state index contributed by atoms with van der Waals surface area (Å²) in [6, 6.07) is 3.67. The molecule has 0 aliphatic carbocycles. The third-order valence-electron chi connectivity index (χ3n) is 2.32. The van der Waals surface area contributed by atoms with Crippen molar-refractivity contribution in [2.45, 2.75) is 13.1 Å². The highest BCUT2D eigenvalue weighted by Gasteiger charge is 2.17. The summed E-state index contributed by atoms with van der Waals surface area (Å²) in [7, 11) is 0. The van der Waals surface area contributed by atoms with Gasteiger partial charge in [-0.05, 0) is 11.4 Å². The number of nitrogens with zero attached hydrogens (tertiary/aromatic N) is 1. The van der Waals surface area contributed by atoms with Gasteiger partial charge in [0, 0.05) is 18.0 Å². The van der Waals surface area contributed by atoms with E-state index in [4.69, 9.17) is 0 Å². The highest BCUT2D eigenvalue weighted by Crippen LogP contribution is 2.26. The number of carbonyl (C=O) groups excluding carboxylic acids is 1. The SMILES string of the molecule is O=C(Nc1nc2c(s1)CNC2)c1cccs1. The molecule has 16 heavy (non-hydrogen) atoms. The first kappa shape index (κ1) is 9.95. The number of hydrogen-bond acceptors (Lipinski definition) is 5. The quantitative estimate of drug-likeness (QED) is 0.859. The molecular formula is C10H9N3OS2. The summed E-state index contributed by atoms with van der Waals surface area (Å²) in [5.41, 5.74) is 1.06. The van der Waals surface area contributed by atoms with Gasteiger partial charge >= 0.3 is 0 Å². The third-order valence-corrected chi connectivity index (χ3v) is 4.20. The van der Waals surface area contributed by atoms with E-state index in [0.717, 1.165) is 18.8 Å². The molecule has 1 aliphatic rings. The summed E-state index contributed by atoms with van der Waals surface area (Å²) in [5, 5.41) is 8.63. The Bertz CT molecular complexity index is 497. The first-order chi connectivity index (χ1) is 7.83. The van der Waals surface area contributed by atoms with Crippen LogP contribution in [0, 0.1) is 0 Å². The van der Waals surface area contributed by atoms with Gasteiger partial charge in [0.25, 0.3) is 5.91 Å². The number of anilines is 1. The smallest absolute Gasteiger partial charge is 0.267 e. The minimum absolute atomic E-state index is 0.0737. The fourth-order valence-corrected chi connectivity index (χ4v) is 3.14. The number of aromatic nitrogens is 1. The van der Waals surface area contributed by atoms with Crippen LogP contribution in [0.4, 0.5) is 5.13 Å². The Kier molecular flexibility index (Phi) is 2.47. The topological polar surface area (TPSA) is 54.0 Å². The lowest BCUT2D eigenvalue weighted by Gasteiger charge is -1.98. The van der Waals surface area contributed by atoms with E-state index in [1.807, 2.05) is 17.5 Å². The largest absolute Gasteiger partial charge is 0.306 e. The summed E-state index contributed by atoms with van der Waals surface area (Å²) < 4.78 is 0. The molecule has 0 radical (unpaired) electrons. The van der Waals surface area contributed by atoms with Gasteiger partial charge in [0.15, 0.2) is 5.13 Å². The van der Waals surface area contributed by atoms with Gasteiger partial charge in [-0.1, -0.05) is 6.07 Å². The number of thiazole rings is 1. The van der Waals surface area contributed by atoms with E-state index >= 15 is 0 Å². The molecule has 0 bridgehead atoms. The second-order valence-electron chi connectivity index (χ2n) is 3.42. The molecule has 3 heterocycles. The van der Waals surface area contributed by atoms with Crippen molar-refractivity contribution in [3.63, 3.8) is 0 Å². The van der Waals surface area contributed by atoms with E-state index in [-0.39, 0.29) is 5.91 Å². The van der Waals surface area contributed by atoms with Crippen LogP contribution in [0.1, 0.15) is 20.2 Å². The van der Waals surface area contributed by atoms with E-state index in [9.17, 15) is 4.79 Å². The van der Waals surface area contributed by atoms with Crippen LogP contribution >= 0.6 is 22.7 Å². The standard InChI is InChI=1S/C10H9N3OS2/c14-9(7-2-1-3-15-7)13-10-12-6-4-11-5-8(6)16-10/h1-3,11H,4-5H2,(H,12,13,14). The Morgan fingerprint density at radius 1 is 1.50 bits per heavy atom. The van der Waals surface area contributed by atoms with Crippen LogP contribution in [0.3, 0.4) is 0 Å². The third kappa shape index (κ3) is 1.75. The van der Waals surface area contributed by atoms with Gasteiger partial charge in [0.2, 0.25) is 0 Å². The van der Waals surface area contributed by atoms with Crippen LogP contribution in [0.25, 0.3) is 0 Å². The van der Waals surface area contributed by atoms with E-state index < -0.39 is 0 Å². The normalized spacial score (nSPS) is 13.8. The second-order valence-corrected chi connectivity index (χ2v) is 5.46. The summed E-state index contributed by atoms with van der Waals surface area (Å²) in [4.78, 5) is 18.1. The molecule has 0 aromatic carbocycles. The minimum Gasteiger partial charge on any atom is -0.306 e. The Morgan fingerprint density at radius 3 is 3.19 bits per heavy atom. The average molecular weight is 251 g/mol. The molecule has 3 rings (SSSR count). The van der Waals surface area contributed by atoms with Crippen molar-refractivity contribution in [2.75, 3.05) is 5.32 Å². The van der Waals surface area contributed by atoms with E-state index in [1.165, 1.54) is 16.2 Å². The van der Waals surface area contributed by atoms with Gasteiger partial charge in [-0.15, -0.1) is 22.7 Å². The van der Waals surface area contributed by atoms with Crippen molar-refractivity contribution in [1.82, 2.24) is 10.3 Å². The maximum atomic E-state index is 11.8. The van der Waals surface area contributed by atoms with Crippen LogP contribution in [-0.2, 0) is 13.1 Å². The van der Waals surface area contributed by atoms with Gasteiger partial charge in [-0.2, -0.15) is 0 Å². The molecule has 0 atom stereocenters. The molecule has 0 unspecified atom stereocenters. The van der Waals surface area contributed by atoms with Gasteiger partial charge in [0.05, 0.1) is 10.6 Å². The molecule has 2 aromatic rings. The van der Waals surface area contributed by atoms with Crippen molar-refractivity contribution in [3.8, 4) is 0 Å².